The zero-order valence-electron chi connectivity index (χ0n) is 27.1. The highest BCUT2D eigenvalue weighted by Gasteiger charge is 2.32. The Morgan fingerprint density at radius 2 is 1.47 bits per heavy atom. The molecular weight excluding hydrogens is 642 g/mol. The lowest BCUT2D eigenvalue weighted by atomic mass is 9.99. The van der Waals surface area contributed by atoms with Gasteiger partial charge in [0, 0.05) is 42.0 Å². The Morgan fingerprint density at radius 1 is 0.755 bits per heavy atom. The van der Waals surface area contributed by atoms with Gasteiger partial charge in [0.2, 0.25) is 5.91 Å². The molecule has 1 aliphatic rings. The van der Waals surface area contributed by atoms with Crippen LogP contribution in [-0.4, -0.2) is 45.0 Å². The number of amides is 1. The molecule has 4 aromatic carbocycles. The maximum atomic E-state index is 12.3. The third-order valence-corrected chi connectivity index (χ3v) is 9.52. The number of carboxylic acids is 2. The number of aromatic carboxylic acids is 1. The Bertz CT molecular complexity index is 1690. The zero-order valence-corrected chi connectivity index (χ0v) is 27.9. The highest BCUT2D eigenvalue weighted by atomic mass is 32.2. The molecule has 49 heavy (non-hydrogen) atoms. The number of aliphatic carboxylic acids is 1. The number of thioether (sulfide) groups is 1. The monoisotopic (exact) mass is 683 g/mol. The van der Waals surface area contributed by atoms with E-state index in [1.165, 1.54) is 0 Å². The molecule has 1 amide bonds. The minimum absolute atomic E-state index is 0.0288. The normalized spacial score (nSPS) is 17.4. The first-order valence-electron chi connectivity index (χ1n) is 16.4. The fraction of sp³-hybridized carbons (Fsp3) is 0.308. The summed E-state index contributed by atoms with van der Waals surface area (Å²) >= 11 is 1.61. The summed E-state index contributed by atoms with van der Waals surface area (Å²) in [6.07, 6.45) is 2.14. The van der Waals surface area contributed by atoms with Gasteiger partial charge in [0.15, 0.2) is 6.29 Å². The molecule has 5 rings (SSSR count). The molecule has 256 valence electrons. The molecular formula is C39H41NO8S. The molecule has 4 N–H and O–H groups in total. The van der Waals surface area contributed by atoms with E-state index in [9.17, 15) is 24.6 Å². The predicted molar refractivity (Wildman–Crippen MR) is 187 cm³/mol. The van der Waals surface area contributed by atoms with Crippen LogP contribution in [0.15, 0.2) is 102 Å². The number of unbranched alkanes of at least 4 members (excludes halogenated alkanes) is 2. The van der Waals surface area contributed by atoms with Gasteiger partial charge < -0.3 is 30.1 Å². The summed E-state index contributed by atoms with van der Waals surface area (Å²) in [5.41, 5.74) is 5.97. The maximum absolute atomic E-state index is 12.3. The molecule has 1 fully saturated rings. The predicted octanol–water partition coefficient (Wildman–Crippen LogP) is 7.53. The van der Waals surface area contributed by atoms with Gasteiger partial charge in [-0.25, -0.2) is 4.79 Å². The van der Waals surface area contributed by atoms with E-state index in [4.69, 9.17) is 14.6 Å². The molecule has 0 aliphatic carbocycles. The summed E-state index contributed by atoms with van der Waals surface area (Å²) in [6.45, 7) is 0.381. The van der Waals surface area contributed by atoms with Crippen LogP contribution in [0.2, 0.25) is 0 Å². The van der Waals surface area contributed by atoms with Crippen molar-refractivity contribution >= 4 is 29.6 Å². The Balaban J connectivity index is 1.22. The first kappa shape index (κ1) is 35.8. The van der Waals surface area contributed by atoms with E-state index in [2.05, 4.69) is 11.4 Å². The summed E-state index contributed by atoms with van der Waals surface area (Å²) in [6, 6.07) is 30.7. The summed E-state index contributed by atoms with van der Waals surface area (Å²) in [4.78, 5) is 35.1. The topological polar surface area (TPSA) is 142 Å². The third-order valence-electron chi connectivity index (χ3n) is 8.38. The van der Waals surface area contributed by atoms with Gasteiger partial charge in [-0.05, 0) is 71.0 Å². The number of aliphatic hydroxyl groups excluding tert-OH is 1. The first-order valence-corrected chi connectivity index (χ1v) is 17.4. The van der Waals surface area contributed by atoms with Gasteiger partial charge in [-0.1, -0.05) is 73.2 Å². The van der Waals surface area contributed by atoms with Crippen LogP contribution in [0.25, 0.3) is 11.1 Å². The molecule has 9 nitrogen and oxygen atoms in total. The highest BCUT2D eigenvalue weighted by molar-refractivity contribution is 7.99. The van der Waals surface area contributed by atoms with Crippen molar-refractivity contribution in [2.75, 3.05) is 5.75 Å². The van der Waals surface area contributed by atoms with E-state index < -0.39 is 18.2 Å². The Labute approximate surface area is 290 Å². The van der Waals surface area contributed by atoms with Gasteiger partial charge in [0.05, 0.1) is 24.4 Å². The van der Waals surface area contributed by atoms with Gasteiger partial charge in [-0.3, -0.25) is 9.59 Å². The average molecular weight is 684 g/mol. The standard InChI is InChI=1S/C39H41NO8S/c41-24-26-9-11-29(12-10-26)35-22-33(25-49-34-19-17-30(18-20-34)38(45)46)47-39(48-35)31-15-13-28(14-16-31)32-6-4-5-27(21-32)23-40-36(42)7-2-1-3-8-37(43)44/h4-6,9-21,33,35,39,41H,1-3,7-8,22-25H2,(H,40,42)(H,43,44)(H,45,46)/t33-,35+,39+/m1/s1. The molecule has 1 saturated heterocycles. The number of benzene rings is 4. The largest absolute Gasteiger partial charge is 0.481 e. The quantitative estimate of drug-likeness (QED) is 0.0696. The molecule has 0 aromatic heterocycles. The number of ether oxygens (including phenoxy) is 2. The van der Waals surface area contributed by atoms with Crippen molar-refractivity contribution in [2.24, 2.45) is 0 Å². The number of hydrogen-bond acceptors (Lipinski definition) is 7. The second-order valence-electron chi connectivity index (χ2n) is 12.0. The van der Waals surface area contributed by atoms with Crippen LogP contribution < -0.4 is 5.32 Å². The Morgan fingerprint density at radius 3 is 2.16 bits per heavy atom. The van der Waals surface area contributed by atoms with Crippen LogP contribution in [0.1, 0.15) is 83.5 Å². The van der Waals surface area contributed by atoms with Crippen molar-refractivity contribution in [1.29, 1.82) is 0 Å². The molecule has 0 bridgehead atoms. The van der Waals surface area contributed by atoms with Crippen LogP contribution in [0.4, 0.5) is 0 Å². The number of aliphatic hydroxyl groups is 1. The smallest absolute Gasteiger partial charge is 0.335 e. The number of carboxylic acid groups (broad SMARTS) is 2. The van der Waals surface area contributed by atoms with Crippen LogP contribution in [-0.2, 0) is 32.2 Å². The van der Waals surface area contributed by atoms with Gasteiger partial charge in [-0.2, -0.15) is 0 Å². The number of carbonyl (C=O) groups excluding carboxylic acids is 1. The van der Waals surface area contributed by atoms with E-state index in [1.54, 1.807) is 23.9 Å². The molecule has 4 aromatic rings. The van der Waals surface area contributed by atoms with Gasteiger partial charge in [0.1, 0.15) is 0 Å². The summed E-state index contributed by atoms with van der Waals surface area (Å²) in [5.74, 6) is -1.16. The number of nitrogens with one attached hydrogen (secondary N) is 1. The number of hydrogen-bond donors (Lipinski definition) is 4. The lowest BCUT2D eigenvalue weighted by Gasteiger charge is -2.36. The Kier molecular flexibility index (Phi) is 13.0. The van der Waals surface area contributed by atoms with Crippen molar-refractivity contribution in [3.63, 3.8) is 0 Å². The fourth-order valence-electron chi connectivity index (χ4n) is 5.63. The first-order chi connectivity index (χ1) is 23.8. The summed E-state index contributed by atoms with van der Waals surface area (Å²) in [7, 11) is 0. The van der Waals surface area contributed by atoms with Crippen LogP contribution >= 0.6 is 11.8 Å². The van der Waals surface area contributed by atoms with Crippen LogP contribution in [0.5, 0.6) is 0 Å². The number of rotatable bonds is 16. The molecule has 0 spiro atoms. The summed E-state index contributed by atoms with van der Waals surface area (Å²) < 4.78 is 13.0. The SMILES string of the molecule is O=C(O)CCCCCC(=O)NCc1cccc(-c2ccc([C@H]3O[C@@H](CSc4ccc(C(=O)O)cc4)C[C@@H](c4ccc(CO)cc4)O3)cc2)c1. The zero-order chi connectivity index (χ0) is 34.6. The maximum Gasteiger partial charge on any atom is 0.335 e. The van der Waals surface area contributed by atoms with Crippen molar-refractivity contribution in [3.05, 3.63) is 125 Å². The minimum Gasteiger partial charge on any atom is -0.481 e. The second kappa shape index (κ2) is 17.8. The molecule has 0 unspecified atom stereocenters. The third kappa shape index (κ3) is 10.8. The highest BCUT2D eigenvalue weighted by Crippen LogP contribution is 2.40. The molecule has 0 radical (unpaired) electrons. The lowest BCUT2D eigenvalue weighted by Crippen LogP contribution is -2.31. The minimum atomic E-state index is -0.954. The molecule has 3 atom stereocenters. The average Bonchev–Trinajstić information content (AvgIpc) is 3.13. The van der Waals surface area contributed by atoms with E-state index in [0.29, 0.717) is 44.4 Å². The molecule has 0 saturated carbocycles. The Hall–Kier alpha value is -4.48. The summed E-state index contributed by atoms with van der Waals surface area (Å²) in [5, 5.41) is 30.4. The van der Waals surface area contributed by atoms with Crippen molar-refractivity contribution < 1.29 is 39.2 Å². The van der Waals surface area contributed by atoms with E-state index in [-0.39, 0.29) is 36.7 Å². The molecule has 1 heterocycles. The van der Waals surface area contributed by atoms with Crippen LogP contribution in [0, 0.1) is 0 Å². The lowest BCUT2D eigenvalue weighted by molar-refractivity contribution is -0.245. The molecule has 1 aliphatic heterocycles. The van der Waals surface area contributed by atoms with E-state index in [1.807, 2.05) is 78.9 Å². The van der Waals surface area contributed by atoms with Crippen LogP contribution in [0.3, 0.4) is 0 Å². The van der Waals surface area contributed by atoms with Gasteiger partial charge in [-0.15, -0.1) is 11.8 Å². The second-order valence-corrected chi connectivity index (χ2v) is 13.1. The van der Waals surface area contributed by atoms with Crippen molar-refractivity contribution in [1.82, 2.24) is 5.32 Å². The van der Waals surface area contributed by atoms with Gasteiger partial charge in [0.25, 0.3) is 0 Å². The molecule has 10 heteroatoms. The fourth-order valence-corrected chi connectivity index (χ4v) is 6.55. The van der Waals surface area contributed by atoms with E-state index in [0.717, 1.165) is 38.3 Å². The van der Waals surface area contributed by atoms with Crippen molar-refractivity contribution in [2.45, 2.75) is 75.1 Å². The van der Waals surface area contributed by atoms with Gasteiger partial charge >= 0.3 is 11.9 Å². The van der Waals surface area contributed by atoms with Crippen molar-refractivity contribution in [3.8, 4) is 11.1 Å². The number of carbonyl (C=O) groups is 3. The van der Waals surface area contributed by atoms with E-state index >= 15 is 0 Å².